The highest BCUT2D eigenvalue weighted by atomic mass is 32.2. The third-order valence-corrected chi connectivity index (χ3v) is 3.24. The van der Waals surface area contributed by atoms with Crippen molar-refractivity contribution in [1.82, 2.24) is 9.97 Å². The zero-order valence-electron chi connectivity index (χ0n) is 10.6. The van der Waals surface area contributed by atoms with Gasteiger partial charge in [-0.1, -0.05) is 18.7 Å². The zero-order valence-corrected chi connectivity index (χ0v) is 11.5. The summed E-state index contributed by atoms with van der Waals surface area (Å²) in [5, 5.41) is 4.18. The topological polar surface area (TPSA) is 51.0 Å². The van der Waals surface area contributed by atoms with E-state index in [0.29, 0.717) is 5.95 Å². The molecule has 2 heterocycles. The maximum Gasteiger partial charge on any atom is 0.223 e. The van der Waals surface area contributed by atoms with Crippen molar-refractivity contribution in [2.24, 2.45) is 0 Å². The van der Waals surface area contributed by atoms with Gasteiger partial charge in [0.1, 0.15) is 10.8 Å². The molecule has 0 aliphatic rings. The van der Waals surface area contributed by atoms with Gasteiger partial charge in [-0.3, -0.25) is 0 Å². The van der Waals surface area contributed by atoms with Gasteiger partial charge in [0.15, 0.2) is 0 Å². The van der Waals surface area contributed by atoms with Crippen LogP contribution in [-0.2, 0) is 5.75 Å². The molecule has 5 heteroatoms. The van der Waals surface area contributed by atoms with Crippen molar-refractivity contribution in [3.63, 3.8) is 0 Å². The van der Waals surface area contributed by atoms with E-state index in [1.54, 1.807) is 18.0 Å². The predicted molar refractivity (Wildman–Crippen MR) is 73.8 cm³/mol. The Morgan fingerprint density at radius 1 is 1.39 bits per heavy atom. The van der Waals surface area contributed by atoms with Gasteiger partial charge < -0.3 is 9.73 Å². The lowest BCUT2D eigenvalue weighted by Gasteiger charge is -2.06. The minimum absolute atomic E-state index is 0.707. The van der Waals surface area contributed by atoms with Crippen LogP contribution in [0.15, 0.2) is 33.9 Å². The van der Waals surface area contributed by atoms with Gasteiger partial charge in [-0.2, -0.15) is 0 Å². The van der Waals surface area contributed by atoms with Gasteiger partial charge >= 0.3 is 0 Å². The maximum absolute atomic E-state index is 5.30. The summed E-state index contributed by atoms with van der Waals surface area (Å²) in [7, 11) is 0. The Morgan fingerprint density at radius 2 is 2.28 bits per heavy atom. The summed E-state index contributed by atoms with van der Waals surface area (Å²) in [6, 6.07) is 5.86. The molecule has 2 aromatic rings. The van der Waals surface area contributed by atoms with E-state index in [2.05, 4.69) is 22.2 Å². The molecule has 0 saturated heterocycles. The van der Waals surface area contributed by atoms with Gasteiger partial charge in [0.25, 0.3) is 0 Å². The fourth-order valence-electron chi connectivity index (χ4n) is 1.47. The van der Waals surface area contributed by atoms with Crippen LogP contribution in [0, 0.1) is 6.92 Å². The lowest BCUT2D eigenvalue weighted by molar-refractivity contribution is 0.530. The Hall–Kier alpha value is -1.49. The molecule has 4 nitrogen and oxygen atoms in total. The molecule has 0 bridgehead atoms. The first kappa shape index (κ1) is 13.0. The first-order chi connectivity index (χ1) is 8.78. The number of hydrogen-bond donors (Lipinski definition) is 1. The van der Waals surface area contributed by atoms with Gasteiger partial charge in [-0.15, -0.1) is 0 Å². The molecule has 96 valence electrons. The first-order valence-corrected chi connectivity index (χ1v) is 7.01. The normalized spacial score (nSPS) is 10.6. The van der Waals surface area contributed by atoms with Crippen molar-refractivity contribution in [1.29, 1.82) is 0 Å². The quantitative estimate of drug-likeness (QED) is 0.638. The summed E-state index contributed by atoms with van der Waals surface area (Å²) >= 11 is 1.66. The van der Waals surface area contributed by atoms with E-state index in [1.807, 2.05) is 25.1 Å². The second-order valence-corrected chi connectivity index (χ2v) is 4.96. The number of furan rings is 1. The van der Waals surface area contributed by atoms with Crippen molar-refractivity contribution in [2.75, 3.05) is 11.9 Å². The van der Waals surface area contributed by atoms with Crippen LogP contribution < -0.4 is 5.32 Å². The summed E-state index contributed by atoms with van der Waals surface area (Å²) in [6.45, 7) is 5.00. The lowest BCUT2D eigenvalue weighted by atomic mass is 10.4. The van der Waals surface area contributed by atoms with Gasteiger partial charge in [0.05, 0.1) is 12.0 Å². The summed E-state index contributed by atoms with van der Waals surface area (Å²) in [5.74, 6) is 2.45. The van der Waals surface area contributed by atoms with Crippen LogP contribution in [0.25, 0.3) is 0 Å². The van der Waals surface area contributed by atoms with Gasteiger partial charge in [-0.25, -0.2) is 9.97 Å². The smallest absolute Gasteiger partial charge is 0.223 e. The van der Waals surface area contributed by atoms with Crippen LogP contribution >= 0.6 is 11.8 Å². The number of hydrogen-bond acceptors (Lipinski definition) is 5. The number of rotatable bonds is 6. The van der Waals surface area contributed by atoms with Crippen molar-refractivity contribution in [3.8, 4) is 0 Å². The molecule has 0 fully saturated rings. The summed E-state index contributed by atoms with van der Waals surface area (Å²) in [5.41, 5.74) is 0.977. The van der Waals surface area contributed by atoms with Gasteiger partial charge in [0.2, 0.25) is 5.95 Å². The highest BCUT2D eigenvalue weighted by Crippen LogP contribution is 2.22. The molecular formula is C13H17N3OS. The van der Waals surface area contributed by atoms with Crippen LogP contribution in [0.1, 0.15) is 24.8 Å². The first-order valence-electron chi connectivity index (χ1n) is 6.02. The average molecular weight is 263 g/mol. The third-order valence-electron chi connectivity index (χ3n) is 2.31. The van der Waals surface area contributed by atoms with E-state index in [9.17, 15) is 0 Å². The molecule has 0 aliphatic carbocycles. The van der Waals surface area contributed by atoms with Gasteiger partial charge in [0, 0.05) is 12.2 Å². The predicted octanol–water partition coefficient (Wildman–Crippen LogP) is 3.49. The maximum atomic E-state index is 5.30. The van der Waals surface area contributed by atoms with E-state index in [0.717, 1.165) is 35.2 Å². The number of thioether (sulfide) groups is 1. The Balaban J connectivity index is 2.00. The molecule has 0 atom stereocenters. The van der Waals surface area contributed by atoms with Crippen LogP contribution in [0.2, 0.25) is 0 Å². The second-order valence-electron chi connectivity index (χ2n) is 3.97. The molecule has 0 aromatic carbocycles. The number of anilines is 1. The minimum atomic E-state index is 0.707. The number of aryl methyl sites for hydroxylation is 1. The minimum Gasteiger partial charge on any atom is -0.468 e. The van der Waals surface area contributed by atoms with E-state index in [1.165, 1.54) is 0 Å². The van der Waals surface area contributed by atoms with Crippen LogP contribution in [0.3, 0.4) is 0 Å². The SMILES string of the molecule is CCCNc1nc(C)cc(SCc2ccco2)n1. The molecule has 0 radical (unpaired) electrons. The van der Waals surface area contributed by atoms with Crippen molar-refractivity contribution < 1.29 is 4.42 Å². The average Bonchev–Trinajstić information content (AvgIpc) is 2.86. The van der Waals surface area contributed by atoms with Gasteiger partial charge in [-0.05, 0) is 31.5 Å². The number of nitrogens with one attached hydrogen (secondary N) is 1. The Kier molecular flexibility index (Phi) is 4.64. The van der Waals surface area contributed by atoms with Crippen molar-refractivity contribution in [3.05, 3.63) is 35.9 Å². The highest BCUT2D eigenvalue weighted by Gasteiger charge is 2.04. The van der Waals surface area contributed by atoms with E-state index in [-0.39, 0.29) is 0 Å². The summed E-state index contributed by atoms with van der Waals surface area (Å²) in [6.07, 6.45) is 2.75. The molecule has 2 rings (SSSR count). The monoisotopic (exact) mass is 263 g/mol. The largest absolute Gasteiger partial charge is 0.468 e. The molecule has 0 saturated carbocycles. The summed E-state index contributed by atoms with van der Waals surface area (Å²) in [4.78, 5) is 8.83. The van der Waals surface area contributed by atoms with Crippen LogP contribution in [0.5, 0.6) is 0 Å². The number of nitrogens with zero attached hydrogens (tertiary/aromatic N) is 2. The van der Waals surface area contributed by atoms with E-state index < -0.39 is 0 Å². The van der Waals surface area contributed by atoms with E-state index >= 15 is 0 Å². The highest BCUT2D eigenvalue weighted by molar-refractivity contribution is 7.98. The third kappa shape index (κ3) is 3.77. The molecule has 0 aliphatic heterocycles. The molecular weight excluding hydrogens is 246 g/mol. The van der Waals surface area contributed by atoms with Crippen LogP contribution in [0.4, 0.5) is 5.95 Å². The van der Waals surface area contributed by atoms with Crippen molar-refractivity contribution in [2.45, 2.75) is 31.0 Å². The fraction of sp³-hybridized carbons (Fsp3) is 0.385. The fourth-order valence-corrected chi connectivity index (χ4v) is 2.33. The summed E-state index contributed by atoms with van der Waals surface area (Å²) < 4.78 is 5.30. The Morgan fingerprint density at radius 3 is 3.00 bits per heavy atom. The molecule has 1 N–H and O–H groups in total. The van der Waals surface area contributed by atoms with Crippen LogP contribution in [-0.4, -0.2) is 16.5 Å². The zero-order chi connectivity index (χ0) is 12.8. The Bertz CT molecular complexity index is 485. The lowest BCUT2D eigenvalue weighted by Crippen LogP contribution is -2.05. The van der Waals surface area contributed by atoms with Crippen molar-refractivity contribution >= 4 is 17.7 Å². The standard InChI is InChI=1S/C13H17N3OS/c1-3-6-14-13-15-10(2)8-12(16-13)18-9-11-5-4-7-17-11/h4-5,7-8H,3,6,9H2,1-2H3,(H,14,15,16). The second kappa shape index (κ2) is 6.44. The molecule has 2 aromatic heterocycles. The number of aromatic nitrogens is 2. The van der Waals surface area contributed by atoms with E-state index in [4.69, 9.17) is 4.42 Å². The molecule has 18 heavy (non-hydrogen) atoms. The molecule has 0 unspecified atom stereocenters. The Labute approximate surface area is 111 Å². The molecule has 0 amide bonds. The molecule has 0 spiro atoms.